The maximum absolute atomic E-state index is 5.67. The van der Waals surface area contributed by atoms with Crippen LogP contribution in [0.4, 0.5) is 0 Å². The van der Waals surface area contributed by atoms with Crippen molar-refractivity contribution >= 4 is 0 Å². The molecule has 1 heterocycles. The Balaban J connectivity index is 1.73. The van der Waals surface area contributed by atoms with E-state index in [4.69, 9.17) is 9.47 Å². The monoisotopic (exact) mass is 219 g/mol. The van der Waals surface area contributed by atoms with Crippen molar-refractivity contribution in [2.75, 3.05) is 13.2 Å². The summed E-state index contributed by atoms with van der Waals surface area (Å²) < 4.78 is 11.2. The molecule has 3 rings (SSSR count). The van der Waals surface area contributed by atoms with E-state index in [1.807, 2.05) is 12.1 Å². The lowest BCUT2D eigenvalue weighted by atomic mass is 10.1. The Morgan fingerprint density at radius 1 is 1.31 bits per heavy atom. The van der Waals surface area contributed by atoms with Crippen molar-refractivity contribution in [2.45, 2.75) is 25.9 Å². The van der Waals surface area contributed by atoms with Gasteiger partial charge in [-0.1, -0.05) is 19.1 Å². The molecule has 86 valence electrons. The van der Waals surface area contributed by atoms with E-state index >= 15 is 0 Å². The van der Waals surface area contributed by atoms with Gasteiger partial charge in [-0.15, -0.1) is 0 Å². The van der Waals surface area contributed by atoms with Crippen LogP contribution in [-0.2, 0) is 6.54 Å². The second-order valence-electron chi connectivity index (χ2n) is 4.64. The van der Waals surface area contributed by atoms with Crippen LogP contribution in [0, 0.1) is 5.92 Å². The SMILES string of the molecule is CC1CC1NCc1cccc2c1OCCO2. The van der Waals surface area contributed by atoms with Crippen LogP contribution in [-0.4, -0.2) is 19.3 Å². The number of fused-ring (bicyclic) bond motifs is 1. The van der Waals surface area contributed by atoms with Gasteiger partial charge in [0.15, 0.2) is 11.5 Å². The van der Waals surface area contributed by atoms with Crippen LogP contribution in [0.1, 0.15) is 18.9 Å². The zero-order chi connectivity index (χ0) is 11.0. The fourth-order valence-electron chi connectivity index (χ4n) is 2.12. The van der Waals surface area contributed by atoms with Gasteiger partial charge in [0, 0.05) is 18.2 Å². The van der Waals surface area contributed by atoms with Gasteiger partial charge >= 0.3 is 0 Å². The van der Waals surface area contributed by atoms with Crippen LogP contribution in [0.15, 0.2) is 18.2 Å². The van der Waals surface area contributed by atoms with Gasteiger partial charge < -0.3 is 14.8 Å². The zero-order valence-electron chi connectivity index (χ0n) is 9.53. The molecule has 0 radical (unpaired) electrons. The van der Waals surface area contributed by atoms with Gasteiger partial charge in [-0.3, -0.25) is 0 Å². The average Bonchev–Trinajstić information content (AvgIpc) is 3.03. The first-order valence-electron chi connectivity index (χ1n) is 5.95. The Morgan fingerprint density at radius 2 is 2.12 bits per heavy atom. The molecular formula is C13H17NO2. The maximum atomic E-state index is 5.67. The molecule has 1 aliphatic carbocycles. The summed E-state index contributed by atoms with van der Waals surface area (Å²) in [5.41, 5.74) is 1.20. The van der Waals surface area contributed by atoms with E-state index in [0.717, 1.165) is 24.0 Å². The summed E-state index contributed by atoms with van der Waals surface area (Å²) in [6.07, 6.45) is 1.30. The van der Waals surface area contributed by atoms with Crippen molar-refractivity contribution < 1.29 is 9.47 Å². The smallest absolute Gasteiger partial charge is 0.165 e. The highest BCUT2D eigenvalue weighted by molar-refractivity contribution is 5.47. The van der Waals surface area contributed by atoms with Crippen molar-refractivity contribution in [3.05, 3.63) is 23.8 Å². The molecule has 1 aromatic carbocycles. The molecule has 1 aliphatic heterocycles. The summed E-state index contributed by atoms with van der Waals surface area (Å²) in [5.74, 6) is 2.64. The number of nitrogens with one attached hydrogen (secondary N) is 1. The lowest BCUT2D eigenvalue weighted by Crippen LogP contribution is -2.20. The van der Waals surface area contributed by atoms with Gasteiger partial charge in [-0.05, 0) is 18.4 Å². The standard InChI is InChI=1S/C13H17NO2/c1-9-7-11(9)14-8-10-3-2-4-12-13(10)16-6-5-15-12/h2-4,9,11,14H,5-8H2,1H3. The van der Waals surface area contributed by atoms with Crippen LogP contribution in [0.2, 0.25) is 0 Å². The fraction of sp³-hybridized carbons (Fsp3) is 0.538. The van der Waals surface area contributed by atoms with E-state index in [-0.39, 0.29) is 0 Å². The van der Waals surface area contributed by atoms with E-state index in [9.17, 15) is 0 Å². The molecule has 2 aliphatic rings. The summed E-state index contributed by atoms with van der Waals surface area (Å²) in [4.78, 5) is 0. The topological polar surface area (TPSA) is 30.5 Å². The Labute approximate surface area is 95.8 Å². The first kappa shape index (κ1) is 9.97. The van der Waals surface area contributed by atoms with Crippen molar-refractivity contribution in [2.24, 2.45) is 5.92 Å². The number of benzene rings is 1. The molecule has 0 aromatic heterocycles. The maximum Gasteiger partial charge on any atom is 0.165 e. The van der Waals surface area contributed by atoms with Crippen molar-refractivity contribution in [3.63, 3.8) is 0 Å². The molecule has 3 heteroatoms. The first-order valence-corrected chi connectivity index (χ1v) is 5.95. The minimum Gasteiger partial charge on any atom is -0.486 e. The van der Waals surface area contributed by atoms with Gasteiger partial charge in [-0.25, -0.2) is 0 Å². The van der Waals surface area contributed by atoms with E-state index in [0.29, 0.717) is 19.3 Å². The Hall–Kier alpha value is -1.22. The van der Waals surface area contributed by atoms with Crippen molar-refractivity contribution in [3.8, 4) is 11.5 Å². The predicted molar refractivity (Wildman–Crippen MR) is 61.8 cm³/mol. The molecule has 1 saturated carbocycles. The normalized spacial score (nSPS) is 26.6. The number of hydrogen-bond donors (Lipinski definition) is 1. The van der Waals surface area contributed by atoms with E-state index in [1.54, 1.807) is 0 Å². The predicted octanol–water partition coefficient (Wildman–Crippen LogP) is 1.96. The molecule has 0 amide bonds. The number of rotatable bonds is 3. The molecule has 1 fully saturated rings. The summed E-state index contributed by atoms with van der Waals surface area (Å²) in [7, 11) is 0. The molecule has 0 spiro atoms. The van der Waals surface area contributed by atoms with Gasteiger partial charge in [0.05, 0.1) is 0 Å². The number of ether oxygens (including phenoxy) is 2. The van der Waals surface area contributed by atoms with E-state index in [2.05, 4.69) is 18.3 Å². The lowest BCUT2D eigenvalue weighted by Gasteiger charge is -2.21. The van der Waals surface area contributed by atoms with Crippen LogP contribution in [0.3, 0.4) is 0 Å². The Bertz CT molecular complexity index is 392. The van der Waals surface area contributed by atoms with Crippen molar-refractivity contribution in [1.29, 1.82) is 0 Å². The summed E-state index contributed by atoms with van der Waals surface area (Å²) >= 11 is 0. The molecule has 1 N–H and O–H groups in total. The third-order valence-corrected chi connectivity index (χ3v) is 3.31. The average molecular weight is 219 g/mol. The molecule has 0 bridgehead atoms. The van der Waals surface area contributed by atoms with Crippen molar-refractivity contribution in [1.82, 2.24) is 5.32 Å². The molecule has 2 atom stereocenters. The Morgan fingerprint density at radius 3 is 2.94 bits per heavy atom. The zero-order valence-corrected chi connectivity index (χ0v) is 9.53. The minimum absolute atomic E-state index is 0.656. The van der Waals surface area contributed by atoms with Crippen LogP contribution in [0.5, 0.6) is 11.5 Å². The first-order chi connectivity index (χ1) is 7.84. The molecule has 16 heavy (non-hydrogen) atoms. The van der Waals surface area contributed by atoms with Gasteiger partial charge in [0.2, 0.25) is 0 Å². The minimum atomic E-state index is 0.656. The summed E-state index contributed by atoms with van der Waals surface area (Å²) in [5, 5.41) is 3.54. The van der Waals surface area contributed by atoms with E-state index < -0.39 is 0 Å². The van der Waals surface area contributed by atoms with Crippen LogP contribution in [0.25, 0.3) is 0 Å². The number of hydrogen-bond acceptors (Lipinski definition) is 3. The Kier molecular flexibility index (Phi) is 2.48. The molecule has 0 saturated heterocycles. The summed E-state index contributed by atoms with van der Waals surface area (Å²) in [6, 6.07) is 6.80. The second kappa shape index (κ2) is 3.98. The highest BCUT2D eigenvalue weighted by Gasteiger charge is 2.32. The third kappa shape index (κ3) is 1.87. The van der Waals surface area contributed by atoms with E-state index in [1.165, 1.54) is 12.0 Å². The molecule has 2 unspecified atom stereocenters. The molecule has 3 nitrogen and oxygen atoms in total. The molecular weight excluding hydrogens is 202 g/mol. The third-order valence-electron chi connectivity index (χ3n) is 3.31. The largest absolute Gasteiger partial charge is 0.486 e. The van der Waals surface area contributed by atoms with Gasteiger partial charge in [0.1, 0.15) is 13.2 Å². The lowest BCUT2D eigenvalue weighted by molar-refractivity contribution is 0.169. The van der Waals surface area contributed by atoms with Crippen LogP contribution < -0.4 is 14.8 Å². The van der Waals surface area contributed by atoms with Gasteiger partial charge in [-0.2, -0.15) is 0 Å². The van der Waals surface area contributed by atoms with Gasteiger partial charge in [0.25, 0.3) is 0 Å². The van der Waals surface area contributed by atoms with Crippen LogP contribution >= 0.6 is 0 Å². The highest BCUT2D eigenvalue weighted by atomic mass is 16.6. The fourth-order valence-corrected chi connectivity index (χ4v) is 2.12. The summed E-state index contributed by atoms with van der Waals surface area (Å²) in [6.45, 7) is 4.46. The molecule has 1 aromatic rings. The second-order valence-corrected chi connectivity index (χ2v) is 4.64. The highest BCUT2D eigenvalue weighted by Crippen LogP contribution is 2.35. The number of para-hydroxylation sites is 1. The quantitative estimate of drug-likeness (QED) is 0.843.